The van der Waals surface area contributed by atoms with Crippen molar-refractivity contribution in [2.75, 3.05) is 19.5 Å². The predicted molar refractivity (Wildman–Crippen MR) is 66.5 cm³/mol. The zero-order valence-corrected chi connectivity index (χ0v) is 10.3. The molecule has 1 aromatic rings. The van der Waals surface area contributed by atoms with Crippen LogP contribution in [0.1, 0.15) is 19.0 Å². The smallest absolute Gasteiger partial charge is 0.226 e. The highest BCUT2D eigenvalue weighted by Gasteiger charge is 2.08. The van der Waals surface area contributed by atoms with Crippen LogP contribution in [0.2, 0.25) is 0 Å². The number of carbonyl (C=O) groups is 1. The first-order valence-electron chi connectivity index (χ1n) is 5.60. The van der Waals surface area contributed by atoms with Crippen LogP contribution in [0.4, 0.5) is 5.69 Å². The summed E-state index contributed by atoms with van der Waals surface area (Å²) in [5.41, 5.74) is 6.83. The second-order valence-electron chi connectivity index (χ2n) is 4.01. The maximum absolute atomic E-state index is 11.6. The number of pyridine rings is 1. The second-order valence-corrected chi connectivity index (χ2v) is 4.01. The van der Waals surface area contributed by atoms with Crippen LogP contribution in [0.15, 0.2) is 18.3 Å². The van der Waals surface area contributed by atoms with Gasteiger partial charge in [0.1, 0.15) is 0 Å². The van der Waals surface area contributed by atoms with E-state index in [0.717, 1.165) is 12.1 Å². The number of aromatic nitrogens is 1. The topological polar surface area (TPSA) is 77.2 Å². The number of nitrogens with one attached hydrogen (secondary N) is 1. The Balaban J connectivity index is 2.36. The number of methoxy groups -OCH3 is 1. The molecule has 17 heavy (non-hydrogen) atoms. The molecule has 0 spiro atoms. The zero-order valence-electron chi connectivity index (χ0n) is 10.3. The molecule has 5 nitrogen and oxygen atoms in total. The Morgan fingerprint density at radius 1 is 1.59 bits per heavy atom. The highest BCUT2D eigenvalue weighted by Crippen LogP contribution is 2.02. The third-order valence-corrected chi connectivity index (χ3v) is 2.35. The van der Waals surface area contributed by atoms with E-state index in [4.69, 9.17) is 10.5 Å². The highest BCUT2D eigenvalue weighted by atomic mass is 16.5. The van der Waals surface area contributed by atoms with Crippen molar-refractivity contribution in [2.45, 2.75) is 25.8 Å². The molecule has 1 rings (SSSR count). The van der Waals surface area contributed by atoms with Gasteiger partial charge in [-0.05, 0) is 25.5 Å². The van der Waals surface area contributed by atoms with Gasteiger partial charge in [0.2, 0.25) is 5.91 Å². The molecule has 94 valence electrons. The highest BCUT2D eigenvalue weighted by molar-refractivity contribution is 5.78. The lowest BCUT2D eigenvalue weighted by Gasteiger charge is -2.13. The Bertz CT molecular complexity index is 351. The number of ether oxygens (including phenoxy) is 1. The van der Waals surface area contributed by atoms with E-state index in [0.29, 0.717) is 12.3 Å². The van der Waals surface area contributed by atoms with Gasteiger partial charge in [0.25, 0.3) is 0 Å². The van der Waals surface area contributed by atoms with E-state index in [1.165, 1.54) is 0 Å². The van der Waals surface area contributed by atoms with Crippen molar-refractivity contribution in [1.29, 1.82) is 0 Å². The molecule has 1 aromatic heterocycles. The first kappa shape index (κ1) is 13.4. The van der Waals surface area contributed by atoms with E-state index in [1.807, 2.05) is 6.92 Å². The van der Waals surface area contributed by atoms with Crippen molar-refractivity contribution in [3.63, 3.8) is 0 Å². The van der Waals surface area contributed by atoms with Crippen LogP contribution in [-0.4, -0.2) is 30.6 Å². The Morgan fingerprint density at radius 3 is 2.94 bits per heavy atom. The van der Waals surface area contributed by atoms with Gasteiger partial charge >= 0.3 is 0 Å². The molecule has 0 saturated heterocycles. The van der Waals surface area contributed by atoms with Gasteiger partial charge in [-0.25, -0.2) is 0 Å². The second kappa shape index (κ2) is 6.85. The molecule has 0 radical (unpaired) electrons. The standard InChI is InChI=1S/C12H19N3O2/c1-9(5-6-17-2)15-12(16)7-11-4-3-10(13)8-14-11/h3-4,8-9H,5-7,13H2,1-2H3,(H,15,16). The minimum atomic E-state index is -0.0362. The van der Waals surface area contributed by atoms with E-state index in [2.05, 4.69) is 10.3 Å². The van der Waals surface area contributed by atoms with Crippen LogP contribution < -0.4 is 11.1 Å². The molecule has 0 aromatic carbocycles. The molecule has 1 amide bonds. The van der Waals surface area contributed by atoms with Crippen molar-refractivity contribution >= 4 is 11.6 Å². The quantitative estimate of drug-likeness (QED) is 0.765. The average molecular weight is 237 g/mol. The minimum Gasteiger partial charge on any atom is -0.397 e. The molecule has 0 aliphatic carbocycles. The molecule has 3 N–H and O–H groups in total. The molecule has 1 unspecified atom stereocenters. The average Bonchev–Trinajstić information content (AvgIpc) is 2.29. The fraction of sp³-hybridized carbons (Fsp3) is 0.500. The maximum Gasteiger partial charge on any atom is 0.226 e. The van der Waals surface area contributed by atoms with Crippen molar-refractivity contribution in [2.24, 2.45) is 0 Å². The van der Waals surface area contributed by atoms with Gasteiger partial charge in [0.05, 0.1) is 18.3 Å². The monoisotopic (exact) mass is 237 g/mol. The molecule has 0 fully saturated rings. The van der Waals surface area contributed by atoms with Crippen molar-refractivity contribution in [3.05, 3.63) is 24.0 Å². The lowest BCUT2D eigenvalue weighted by molar-refractivity contribution is -0.121. The number of nitrogens with two attached hydrogens (primary N) is 1. The first-order valence-corrected chi connectivity index (χ1v) is 5.60. The minimum absolute atomic E-state index is 0.0362. The van der Waals surface area contributed by atoms with Gasteiger partial charge in [-0.3, -0.25) is 9.78 Å². The van der Waals surface area contributed by atoms with E-state index in [1.54, 1.807) is 25.4 Å². The summed E-state index contributed by atoms with van der Waals surface area (Å²) in [4.78, 5) is 15.7. The summed E-state index contributed by atoms with van der Waals surface area (Å²) in [5, 5.41) is 2.89. The summed E-state index contributed by atoms with van der Waals surface area (Å²) in [6.45, 7) is 2.59. The van der Waals surface area contributed by atoms with Crippen LogP contribution in [0, 0.1) is 0 Å². The van der Waals surface area contributed by atoms with Crippen LogP contribution in [0.5, 0.6) is 0 Å². The fourth-order valence-corrected chi connectivity index (χ4v) is 1.40. The molecule has 0 aliphatic rings. The van der Waals surface area contributed by atoms with Gasteiger partial charge < -0.3 is 15.8 Å². The van der Waals surface area contributed by atoms with E-state index >= 15 is 0 Å². The molecule has 0 aliphatic heterocycles. The molecule has 1 atom stereocenters. The number of hydrogen-bond acceptors (Lipinski definition) is 4. The summed E-state index contributed by atoms with van der Waals surface area (Å²) in [6.07, 6.45) is 2.63. The molecule has 1 heterocycles. The van der Waals surface area contributed by atoms with Gasteiger partial charge in [0, 0.05) is 25.5 Å². The number of nitrogens with zero attached hydrogens (tertiary/aromatic N) is 1. The summed E-state index contributed by atoms with van der Waals surface area (Å²) >= 11 is 0. The molecular weight excluding hydrogens is 218 g/mol. The Hall–Kier alpha value is -1.62. The molecule has 0 bridgehead atoms. The van der Waals surface area contributed by atoms with E-state index in [9.17, 15) is 4.79 Å². The van der Waals surface area contributed by atoms with Crippen molar-refractivity contribution < 1.29 is 9.53 Å². The maximum atomic E-state index is 11.6. The Labute approximate surface area is 101 Å². The number of nitrogen functional groups attached to an aromatic ring is 1. The number of amides is 1. The summed E-state index contributed by atoms with van der Waals surface area (Å²) in [6, 6.07) is 3.61. The van der Waals surface area contributed by atoms with Crippen LogP contribution in [-0.2, 0) is 16.0 Å². The summed E-state index contributed by atoms with van der Waals surface area (Å²) in [5.74, 6) is -0.0362. The third-order valence-electron chi connectivity index (χ3n) is 2.35. The number of rotatable bonds is 6. The van der Waals surface area contributed by atoms with Crippen molar-refractivity contribution in [1.82, 2.24) is 10.3 Å². The number of hydrogen-bond donors (Lipinski definition) is 2. The SMILES string of the molecule is COCCC(C)NC(=O)Cc1ccc(N)cn1. The van der Waals surface area contributed by atoms with Gasteiger partial charge in [-0.15, -0.1) is 0 Å². The van der Waals surface area contributed by atoms with Crippen LogP contribution in [0.3, 0.4) is 0 Å². The number of anilines is 1. The van der Waals surface area contributed by atoms with Crippen LogP contribution in [0.25, 0.3) is 0 Å². The Morgan fingerprint density at radius 2 is 2.35 bits per heavy atom. The summed E-state index contributed by atoms with van der Waals surface area (Å²) < 4.78 is 4.95. The lowest BCUT2D eigenvalue weighted by Crippen LogP contribution is -2.34. The van der Waals surface area contributed by atoms with Gasteiger partial charge in [0.15, 0.2) is 0 Å². The lowest BCUT2D eigenvalue weighted by atomic mass is 10.2. The largest absolute Gasteiger partial charge is 0.397 e. The first-order chi connectivity index (χ1) is 8.11. The van der Waals surface area contributed by atoms with Gasteiger partial charge in [-0.1, -0.05) is 0 Å². The van der Waals surface area contributed by atoms with E-state index in [-0.39, 0.29) is 18.4 Å². The van der Waals surface area contributed by atoms with Crippen LogP contribution >= 0.6 is 0 Å². The normalized spacial score (nSPS) is 12.1. The third kappa shape index (κ3) is 5.31. The zero-order chi connectivity index (χ0) is 12.7. The summed E-state index contributed by atoms with van der Waals surface area (Å²) in [7, 11) is 1.65. The molecular formula is C12H19N3O2. The molecule has 0 saturated carbocycles. The van der Waals surface area contributed by atoms with Gasteiger partial charge in [-0.2, -0.15) is 0 Å². The van der Waals surface area contributed by atoms with Crippen molar-refractivity contribution in [3.8, 4) is 0 Å². The van der Waals surface area contributed by atoms with E-state index < -0.39 is 0 Å². The predicted octanol–water partition coefficient (Wildman–Crippen LogP) is 0.747. The fourth-order valence-electron chi connectivity index (χ4n) is 1.40. The Kier molecular flexibility index (Phi) is 5.42. The number of carbonyl (C=O) groups excluding carboxylic acids is 1. The molecule has 5 heteroatoms.